The second-order valence-electron chi connectivity index (χ2n) is 5.49. The summed E-state index contributed by atoms with van der Waals surface area (Å²) in [6, 6.07) is 5.26. The molecule has 0 aliphatic rings. The molecule has 22 heavy (non-hydrogen) atoms. The monoisotopic (exact) mass is 310 g/mol. The Morgan fingerprint density at radius 3 is 2.45 bits per heavy atom. The van der Waals surface area contributed by atoms with Crippen LogP contribution in [0.25, 0.3) is 0 Å². The molecular formula is C16H23FN2O3. The number of aliphatic hydroxyl groups is 1. The minimum Gasteiger partial charge on any atom is -0.388 e. The van der Waals surface area contributed by atoms with Crippen LogP contribution in [0.15, 0.2) is 24.3 Å². The number of nitrogens with one attached hydrogen (secondary N) is 2. The normalized spacial score (nSPS) is 13.3. The van der Waals surface area contributed by atoms with Crippen LogP contribution in [-0.4, -0.2) is 35.6 Å². The summed E-state index contributed by atoms with van der Waals surface area (Å²) in [7, 11) is 0. The van der Waals surface area contributed by atoms with Crippen molar-refractivity contribution < 1.29 is 19.1 Å². The molecule has 0 fully saturated rings. The van der Waals surface area contributed by atoms with Gasteiger partial charge in [-0.25, -0.2) is 4.39 Å². The Kier molecular flexibility index (Phi) is 6.98. The molecule has 1 rings (SSSR count). The first kappa shape index (κ1) is 18.1. The third-order valence-electron chi connectivity index (χ3n) is 3.40. The van der Waals surface area contributed by atoms with Gasteiger partial charge in [-0.1, -0.05) is 6.92 Å². The molecule has 1 aromatic rings. The molecule has 0 bridgehead atoms. The molecule has 0 aromatic heterocycles. The van der Waals surface area contributed by atoms with Crippen LogP contribution in [0.2, 0.25) is 0 Å². The Bertz CT molecular complexity index is 501. The second kappa shape index (κ2) is 8.48. The number of carbonyl (C=O) groups excluding carboxylic acids is 2. The largest absolute Gasteiger partial charge is 0.388 e. The third-order valence-corrected chi connectivity index (χ3v) is 3.40. The summed E-state index contributed by atoms with van der Waals surface area (Å²) in [4.78, 5) is 23.3. The predicted octanol–water partition coefficient (Wildman–Crippen LogP) is 1.61. The SMILES string of the molecule is CCC(C)(O)CNC(=O)CCCNC(=O)c1ccc(F)cc1. The Hall–Kier alpha value is -1.95. The van der Waals surface area contributed by atoms with Crippen LogP contribution in [0.1, 0.15) is 43.5 Å². The fourth-order valence-corrected chi connectivity index (χ4v) is 1.66. The van der Waals surface area contributed by atoms with E-state index in [0.717, 1.165) is 0 Å². The van der Waals surface area contributed by atoms with Gasteiger partial charge in [0.15, 0.2) is 0 Å². The molecule has 1 aromatic carbocycles. The maximum Gasteiger partial charge on any atom is 0.251 e. The Labute approximate surface area is 129 Å². The molecule has 0 saturated carbocycles. The third kappa shape index (κ3) is 6.67. The second-order valence-corrected chi connectivity index (χ2v) is 5.49. The minimum atomic E-state index is -0.896. The smallest absolute Gasteiger partial charge is 0.251 e. The lowest BCUT2D eigenvalue weighted by atomic mass is 10.0. The van der Waals surface area contributed by atoms with Crippen molar-refractivity contribution in [2.24, 2.45) is 0 Å². The van der Waals surface area contributed by atoms with Gasteiger partial charge in [-0.2, -0.15) is 0 Å². The highest BCUT2D eigenvalue weighted by Crippen LogP contribution is 2.06. The van der Waals surface area contributed by atoms with Crippen LogP contribution in [0.3, 0.4) is 0 Å². The number of carbonyl (C=O) groups is 2. The molecule has 2 amide bonds. The minimum absolute atomic E-state index is 0.162. The van der Waals surface area contributed by atoms with E-state index in [1.165, 1.54) is 24.3 Å². The van der Waals surface area contributed by atoms with E-state index in [1.807, 2.05) is 6.92 Å². The summed E-state index contributed by atoms with van der Waals surface area (Å²) in [5.74, 6) is -0.852. The standard InChI is InChI=1S/C16H23FN2O3/c1-3-16(2,22)11-19-14(20)5-4-10-18-15(21)12-6-8-13(17)9-7-12/h6-9,22H,3-5,10-11H2,1-2H3,(H,18,21)(H,19,20). The maximum absolute atomic E-state index is 12.7. The molecule has 5 nitrogen and oxygen atoms in total. The van der Waals surface area contributed by atoms with Gasteiger partial charge in [0, 0.05) is 25.1 Å². The highest BCUT2D eigenvalue weighted by atomic mass is 19.1. The average Bonchev–Trinajstić information content (AvgIpc) is 2.50. The quantitative estimate of drug-likeness (QED) is 0.638. The predicted molar refractivity (Wildman–Crippen MR) is 81.9 cm³/mol. The lowest BCUT2D eigenvalue weighted by molar-refractivity contribution is -0.122. The number of halogens is 1. The van der Waals surface area contributed by atoms with E-state index in [1.54, 1.807) is 6.92 Å². The van der Waals surface area contributed by atoms with Crippen LogP contribution >= 0.6 is 0 Å². The lowest BCUT2D eigenvalue weighted by Crippen LogP contribution is -2.40. The number of rotatable bonds is 8. The average molecular weight is 310 g/mol. The van der Waals surface area contributed by atoms with E-state index < -0.39 is 11.4 Å². The van der Waals surface area contributed by atoms with Crippen molar-refractivity contribution in [3.63, 3.8) is 0 Å². The van der Waals surface area contributed by atoms with Crippen molar-refractivity contribution in [2.75, 3.05) is 13.1 Å². The fraction of sp³-hybridized carbons (Fsp3) is 0.500. The molecule has 6 heteroatoms. The van der Waals surface area contributed by atoms with Crippen molar-refractivity contribution in [1.29, 1.82) is 0 Å². The number of benzene rings is 1. The molecule has 0 aliphatic carbocycles. The van der Waals surface area contributed by atoms with E-state index in [9.17, 15) is 19.1 Å². The molecule has 3 N–H and O–H groups in total. The summed E-state index contributed by atoms with van der Waals surface area (Å²) in [6.07, 6.45) is 1.32. The van der Waals surface area contributed by atoms with Crippen molar-refractivity contribution in [2.45, 2.75) is 38.7 Å². The first-order valence-electron chi connectivity index (χ1n) is 7.37. The van der Waals surface area contributed by atoms with Gasteiger partial charge in [-0.15, -0.1) is 0 Å². The molecule has 0 spiro atoms. The molecule has 0 aliphatic heterocycles. The van der Waals surface area contributed by atoms with Crippen molar-refractivity contribution in [3.05, 3.63) is 35.6 Å². The highest BCUT2D eigenvalue weighted by molar-refractivity contribution is 5.94. The van der Waals surface area contributed by atoms with Gasteiger partial charge in [-0.3, -0.25) is 9.59 Å². The van der Waals surface area contributed by atoms with E-state index in [0.29, 0.717) is 24.9 Å². The van der Waals surface area contributed by atoms with Crippen LogP contribution in [-0.2, 0) is 4.79 Å². The van der Waals surface area contributed by atoms with E-state index in [4.69, 9.17) is 0 Å². The zero-order valence-electron chi connectivity index (χ0n) is 13.0. The van der Waals surface area contributed by atoms with Gasteiger partial charge in [0.2, 0.25) is 5.91 Å². The van der Waals surface area contributed by atoms with Gasteiger partial charge in [-0.05, 0) is 44.0 Å². The Morgan fingerprint density at radius 2 is 1.86 bits per heavy atom. The molecule has 1 atom stereocenters. The molecule has 122 valence electrons. The van der Waals surface area contributed by atoms with Crippen molar-refractivity contribution in [3.8, 4) is 0 Å². The van der Waals surface area contributed by atoms with Gasteiger partial charge < -0.3 is 15.7 Å². The maximum atomic E-state index is 12.7. The van der Waals surface area contributed by atoms with E-state index >= 15 is 0 Å². The van der Waals surface area contributed by atoms with Crippen LogP contribution in [0.5, 0.6) is 0 Å². The Morgan fingerprint density at radius 1 is 1.23 bits per heavy atom. The summed E-state index contributed by atoms with van der Waals surface area (Å²) < 4.78 is 12.7. The summed E-state index contributed by atoms with van der Waals surface area (Å²) in [5, 5.41) is 15.1. The Balaban J connectivity index is 2.20. The fourth-order valence-electron chi connectivity index (χ4n) is 1.66. The van der Waals surface area contributed by atoms with Crippen LogP contribution in [0.4, 0.5) is 4.39 Å². The molecular weight excluding hydrogens is 287 g/mol. The zero-order chi connectivity index (χ0) is 16.6. The molecule has 0 heterocycles. The van der Waals surface area contributed by atoms with Gasteiger partial charge >= 0.3 is 0 Å². The molecule has 0 saturated heterocycles. The first-order chi connectivity index (χ1) is 10.3. The topological polar surface area (TPSA) is 78.4 Å². The summed E-state index contributed by atoms with van der Waals surface area (Å²) in [6.45, 7) is 4.07. The van der Waals surface area contributed by atoms with Crippen LogP contribution < -0.4 is 10.6 Å². The molecule has 1 unspecified atom stereocenters. The van der Waals surface area contributed by atoms with Crippen LogP contribution in [0, 0.1) is 5.82 Å². The molecule has 0 radical (unpaired) electrons. The van der Waals surface area contributed by atoms with Crippen molar-refractivity contribution >= 4 is 11.8 Å². The zero-order valence-corrected chi connectivity index (χ0v) is 13.0. The van der Waals surface area contributed by atoms with E-state index in [2.05, 4.69) is 10.6 Å². The number of hydrogen-bond donors (Lipinski definition) is 3. The summed E-state index contributed by atoms with van der Waals surface area (Å²) >= 11 is 0. The van der Waals surface area contributed by atoms with Crippen molar-refractivity contribution in [1.82, 2.24) is 10.6 Å². The van der Waals surface area contributed by atoms with E-state index in [-0.39, 0.29) is 24.8 Å². The lowest BCUT2D eigenvalue weighted by Gasteiger charge is -2.21. The number of amides is 2. The van der Waals surface area contributed by atoms with Gasteiger partial charge in [0.25, 0.3) is 5.91 Å². The number of hydrogen-bond acceptors (Lipinski definition) is 3. The summed E-state index contributed by atoms with van der Waals surface area (Å²) in [5.41, 5.74) is -0.517. The first-order valence-corrected chi connectivity index (χ1v) is 7.37. The van der Waals surface area contributed by atoms with Gasteiger partial charge in [0.1, 0.15) is 5.82 Å². The van der Waals surface area contributed by atoms with Gasteiger partial charge in [0.05, 0.1) is 5.60 Å². The highest BCUT2D eigenvalue weighted by Gasteiger charge is 2.18.